The highest BCUT2D eigenvalue weighted by molar-refractivity contribution is 7.92. The third kappa shape index (κ3) is 6.66. The van der Waals surface area contributed by atoms with Crippen LogP contribution in [0, 0.1) is 6.92 Å². The first-order chi connectivity index (χ1) is 18.7. The summed E-state index contributed by atoms with van der Waals surface area (Å²) in [6, 6.07) is 26.2. The number of ether oxygens (including phenoxy) is 1. The van der Waals surface area contributed by atoms with Crippen molar-refractivity contribution >= 4 is 44.9 Å². The molecule has 0 spiro atoms. The van der Waals surface area contributed by atoms with Crippen LogP contribution in [0.25, 0.3) is 0 Å². The number of para-hydroxylation sites is 1. The van der Waals surface area contributed by atoms with E-state index in [1.54, 1.807) is 104 Å². The van der Waals surface area contributed by atoms with Gasteiger partial charge in [-0.25, -0.2) is 13.2 Å². The van der Waals surface area contributed by atoms with Crippen molar-refractivity contribution in [3.05, 3.63) is 124 Å². The van der Waals surface area contributed by atoms with E-state index in [4.69, 9.17) is 16.3 Å². The van der Waals surface area contributed by atoms with Crippen molar-refractivity contribution in [2.75, 3.05) is 16.2 Å². The third-order valence-corrected chi connectivity index (χ3v) is 7.95. The van der Waals surface area contributed by atoms with E-state index < -0.39 is 21.9 Å². The van der Waals surface area contributed by atoms with Gasteiger partial charge < -0.3 is 10.1 Å². The second kappa shape index (κ2) is 12.1. The van der Waals surface area contributed by atoms with Crippen LogP contribution in [-0.2, 0) is 21.3 Å². The van der Waals surface area contributed by atoms with Crippen LogP contribution in [0.5, 0.6) is 0 Å². The number of benzene rings is 4. The molecule has 0 bridgehead atoms. The van der Waals surface area contributed by atoms with Crippen molar-refractivity contribution in [2.45, 2.75) is 25.3 Å². The Morgan fingerprint density at radius 2 is 1.51 bits per heavy atom. The van der Waals surface area contributed by atoms with E-state index in [9.17, 15) is 18.0 Å². The number of anilines is 2. The lowest BCUT2D eigenvalue weighted by atomic mass is 10.1. The maximum Gasteiger partial charge on any atom is 0.338 e. The molecule has 4 aromatic rings. The molecule has 7 nitrogen and oxygen atoms in total. The lowest BCUT2D eigenvalue weighted by molar-refractivity contribution is 0.0526. The van der Waals surface area contributed by atoms with E-state index in [0.29, 0.717) is 21.8 Å². The third-order valence-electron chi connectivity index (χ3n) is 5.92. The molecule has 9 heteroatoms. The lowest BCUT2D eigenvalue weighted by Gasteiger charge is -2.27. The summed E-state index contributed by atoms with van der Waals surface area (Å²) in [5.74, 6) is -0.963. The summed E-state index contributed by atoms with van der Waals surface area (Å²) < 4.78 is 34.1. The molecule has 0 aliphatic carbocycles. The zero-order chi connectivity index (χ0) is 28.0. The van der Waals surface area contributed by atoms with Crippen LogP contribution in [0.1, 0.15) is 38.8 Å². The summed E-state index contributed by atoms with van der Waals surface area (Å²) in [6.07, 6.45) is 0. The number of halogens is 1. The predicted octanol–water partition coefficient (Wildman–Crippen LogP) is 6.47. The molecule has 0 radical (unpaired) electrons. The van der Waals surface area contributed by atoms with Crippen LogP contribution in [-0.4, -0.2) is 26.9 Å². The summed E-state index contributed by atoms with van der Waals surface area (Å²) in [4.78, 5) is 25.5. The Morgan fingerprint density at radius 3 is 2.15 bits per heavy atom. The quantitative estimate of drug-likeness (QED) is 0.236. The fourth-order valence-corrected chi connectivity index (χ4v) is 5.48. The molecule has 0 saturated carbocycles. The van der Waals surface area contributed by atoms with Crippen LogP contribution in [0.3, 0.4) is 0 Å². The maximum absolute atomic E-state index is 13.9. The number of rotatable bonds is 9. The predicted molar refractivity (Wildman–Crippen MR) is 153 cm³/mol. The van der Waals surface area contributed by atoms with E-state index in [2.05, 4.69) is 5.32 Å². The lowest BCUT2D eigenvalue weighted by Crippen LogP contribution is -2.32. The molecule has 39 heavy (non-hydrogen) atoms. The number of hydrogen-bond donors (Lipinski definition) is 1. The highest BCUT2D eigenvalue weighted by Crippen LogP contribution is 2.30. The molecule has 0 saturated heterocycles. The van der Waals surface area contributed by atoms with Crippen molar-refractivity contribution in [3.8, 4) is 0 Å². The molecule has 200 valence electrons. The average Bonchev–Trinajstić information content (AvgIpc) is 2.93. The first-order valence-corrected chi connectivity index (χ1v) is 14.0. The van der Waals surface area contributed by atoms with Crippen molar-refractivity contribution in [1.82, 2.24) is 0 Å². The van der Waals surface area contributed by atoms with Crippen LogP contribution in [0.15, 0.2) is 102 Å². The molecular formula is C30H27ClN2O5S. The minimum Gasteiger partial charge on any atom is -0.462 e. The minimum atomic E-state index is -4.06. The molecule has 0 unspecified atom stereocenters. The summed E-state index contributed by atoms with van der Waals surface area (Å²) in [5.41, 5.74) is 2.79. The number of carbonyl (C=O) groups is 2. The molecule has 4 rings (SSSR count). The highest BCUT2D eigenvalue weighted by Gasteiger charge is 2.28. The van der Waals surface area contributed by atoms with E-state index >= 15 is 0 Å². The Morgan fingerprint density at radius 1 is 0.872 bits per heavy atom. The minimum absolute atomic E-state index is 0.0219. The Kier molecular flexibility index (Phi) is 8.69. The first-order valence-electron chi connectivity index (χ1n) is 12.2. The maximum atomic E-state index is 13.9. The van der Waals surface area contributed by atoms with Gasteiger partial charge in [0.25, 0.3) is 15.9 Å². The molecule has 1 N–H and O–H groups in total. The van der Waals surface area contributed by atoms with E-state index in [0.717, 1.165) is 5.56 Å². The van der Waals surface area contributed by atoms with Crippen LogP contribution in [0.4, 0.5) is 11.4 Å². The second-order valence-corrected chi connectivity index (χ2v) is 11.0. The normalized spacial score (nSPS) is 11.1. The molecule has 1 amide bonds. The van der Waals surface area contributed by atoms with Crippen LogP contribution < -0.4 is 9.62 Å². The molecule has 0 atom stereocenters. The molecule has 0 aromatic heterocycles. The molecule has 0 heterocycles. The monoisotopic (exact) mass is 562 g/mol. The second-order valence-electron chi connectivity index (χ2n) is 8.72. The van der Waals surface area contributed by atoms with E-state index in [1.807, 2.05) is 6.92 Å². The number of nitrogens with one attached hydrogen (secondary N) is 1. The number of carbonyl (C=O) groups excluding carboxylic acids is 2. The Bertz CT molecular complexity index is 1570. The van der Waals surface area contributed by atoms with Gasteiger partial charge in [-0.2, -0.15) is 0 Å². The fraction of sp³-hybridized carbons (Fsp3) is 0.133. The molecule has 0 fully saturated rings. The van der Waals surface area contributed by atoms with Gasteiger partial charge in [-0.15, -0.1) is 0 Å². The van der Waals surface area contributed by atoms with Gasteiger partial charge in [0.15, 0.2) is 0 Å². The number of amides is 1. The van der Waals surface area contributed by atoms with Crippen molar-refractivity contribution < 1.29 is 22.7 Å². The first kappa shape index (κ1) is 27.9. The summed E-state index contributed by atoms with van der Waals surface area (Å²) in [6.45, 7) is 3.83. The van der Waals surface area contributed by atoms with Gasteiger partial charge in [-0.1, -0.05) is 53.6 Å². The molecule has 0 aliphatic heterocycles. The molecular weight excluding hydrogens is 536 g/mol. The topological polar surface area (TPSA) is 92.8 Å². The van der Waals surface area contributed by atoms with Gasteiger partial charge >= 0.3 is 5.97 Å². The summed E-state index contributed by atoms with van der Waals surface area (Å²) in [7, 11) is -4.06. The number of aryl methyl sites for hydroxylation is 1. The fourth-order valence-electron chi connectivity index (χ4n) is 3.88. The van der Waals surface area contributed by atoms with Crippen molar-refractivity contribution in [2.24, 2.45) is 0 Å². The molecule has 0 aliphatic rings. The largest absolute Gasteiger partial charge is 0.462 e. The Hall–Kier alpha value is -4.14. The van der Waals surface area contributed by atoms with E-state index in [1.165, 1.54) is 4.31 Å². The highest BCUT2D eigenvalue weighted by atomic mass is 35.5. The Labute approximate surface area is 233 Å². The van der Waals surface area contributed by atoms with Gasteiger partial charge in [0.05, 0.1) is 34.9 Å². The van der Waals surface area contributed by atoms with Crippen molar-refractivity contribution in [3.63, 3.8) is 0 Å². The average molecular weight is 563 g/mol. The smallest absolute Gasteiger partial charge is 0.338 e. The van der Waals surface area contributed by atoms with E-state index in [-0.39, 0.29) is 29.3 Å². The van der Waals surface area contributed by atoms with Gasteiger partial charge in [0, 0.05) is 10.7 Å². The van der Waals surface area contributed by atoms with Crippen molar-refractivity contribution in [1.29, 1.82) is 0 Å². The standard InChI is InChI=1S/C30H27ClN2O5S/c1-3-38-30(35)23-12-16-25(17-13-23)32-29(34)27-6-4-5-7-28(27)33(20-22-10-14-24(31)15-11-22)39(36,37)26-18-8-21(2)9-19-26/h4-19H,3,20H2,1-2H3,(H,32,34). The van der Waals surface area contributed by atoms with Gasteiger partial charge in [0.1, 0.15) is 0 Å². The van der Waals surface area contributed by atoms with Gasteiger partial charge in [0.2, 0.25) is 0 Å². The summed E-state index contributed by atoms with van der Waals surface area (Å²) >= 11 is 6.04. The zero-order valence-electron chi connectivity index (χ0n) is 21.4. The molecule has 4 aromatic carbocycles. The Balaban J connectivity index is 1.71. The number of hydrogen-bond acceptors (Lipinski definition) is 5. The number of nitrogens with zero attached hydrogens (tertiary/aromatic N) is 1. The SMILES string of the molecule is CCOC(=O)c1ccc(NC(=O)c2ccccc2N(Cc2ccc(Cl)cc2)S(=O)(=O)c2ccc(C)cc2)cc1. The van der Waals surface area contributed by atoms with Crippen LogP contribution in [0.2, 0.25) is 5.02 Å². The zero-order valence-corrected chi connectivity index (χ0v) is 23.0. The number of sulfonamides is 1. The van der Waals surface area contributed by atoms with Gasteiger partial charge in [-0.05, 0) is 80.1 Å². The summed E-state index contributed by atoms with van der Waals surface area (Å²) in [5, 5.41) is 3.32. The number of esters is 1. The van der Waals surface area contributed by atoms with Gasteiger partial charge in [-0.3, -0.25) is 9.10 Å². The van der Waals surface area contributed by atoms with Crippen LogP contribution >= 0.6 is 11.6 Å².